The van der Waals surface area contributed by atoms with E-state index < -0.39 is 0 Å². The van der Waals surface area contributed by atoms with Gasteiger partial charge in [-0.25, -0.2) is 0 Å². The molecule has 0 aromatic carbocycles. The third kappa shape index (κ3) is 693. The van der Waals surface area contributed by atoms with Gasteiger partial charge in [0.15, 0.2) is 0 Å². The molecule has 0 aliphatic heterocycles. The van der Waals surface area contributed by atoms with Crippen LogP contribution in [0.25, 0.3) is 0 Å². The molecule has 0 radical (unpaired) electrons. The van der Waals surface area contributed by atoms with E-state index in [1.165, 1.54) is 6.42 Å². The molecule has 0 saturated heterocycles. The summed E-state index contributed by atoms with van der Waals surface area (Å²) < 4.78 is 0. The first-order chi connectivity index (χ1) is 5.10. The van der Waals surface area contributed by atoms with Crippen LogP contribution >= 0.6 is 0 Å². The Morgan fingerprint density at radius 1 is 1.00 bits per heavy atom. The Labute approximate surface area is 65.6 Å². The fourth-order valence-electron chi connectivity index (χ4n) is 0. The topological polar surface area (TPSA) is 68.3 Å². The highest BCUT2D eigenvalue weighted by molar-refractivity contribution is 5.20. The van der Waals surface area contributed by atoms with Gasteiger partial charge in [-0.2, -0.15) is 19.2 Å². The van der Waals surface area contributed by atoms with E-state index in [1.54, 1.807) is 0 Å². The summed E-state index contributed by atoms with van der Waals surface area (Å²) in [6.07, 6.45) is 1.81. The molecule has 0 atom stereocenters. The minimum Gasteiger partial charge on any atom is -0.186 e. The second kappa shape index (κ2) is 23.3. The smallest absolute Gasteiger partial charge is 0.186 e. The Bertz CT molecular complexity index is 104. The Morgan fingerprint density at radius 2 is 1.09 bits per heavy atom. The Morgan fingerprint density at radius 3 is 1.09 bits per heavy atom. The van der Waals surface area contributed by atoms with Crippen molar-refractivity contribution in [2.75, 3.05) is 0 Å². The lowest BCUT2D eigenvalue weighted by molar-refractivity contribution is -0.193. The number of hydrogen-bond donors (Lipinski definition) is 0. The SMILES string of the molecule is CCC(C)C.O=C=O.O=C=O. The van der Waals surface area contributed by atoms with Crippen LogP contribution in [0.1, 0.15) is 27.2 Å². The van der Waals surface area contributed by atoms with Gasteiger partial charge in [-0.15, -0.1) is 0 Å². The molecule has 11 heavy (non-hydrogen) atoms. The lowest BCUT2D eigenvalue weighted by Crippen LogP contribution is -1.77. The fraction of sp³-hybridized carbons (Fsp3) is 0.714. The zero-order valence-electron chi connectivity index (χ0n) is 6.92. The summed E-state index contributed by atoms with van der Waals surface area (Å²) in [4.78, 5) is 32.5. The van der Waals surface area contributed by atoms with Crippen molar-refractivity contribution < 1.29 is 19.2 Å². The highest BCUT2D eigenvalue weighted by Gasteiger charge is 1.80. The Balaban J connectivity index is -0.0000000933. The second-order valence-corrected chi connectivity index (χ2v) is 1.97. The first-order valence-corrected chi connectivity index (χ1v) is 3.09. The summed E-state index contributed by atoms with van der Waals surface area (Å²) in [6, 6.07) is 0. The summed E-state index contributed by atoms with van der Waals surface area (Å²) in [7, 11) is 0. The number of carbonyl (C=O) groups excluding carboxylic acids is 4. The summed E-state index contributed by atoms with van der Waals surface area (Å²) in [6.45, 7) is 6.64. The molecule has 0 aliphatic carbocycles. The highest BCUT2D eigenvalue weighted by atomic mass is 16.2. The number of rotatable bonds is 1. The maximum atomic E-state index is 8.12. The summed E-state index contributed by atoms with van der Waals surface area (Å²) in [5.41, 5.74) is 0. The standard InChI is InChI=1S/C5H12.2CO2/c1-4-5(2)3;2*2-1-3/h5H,4H2,1-3H3;;. The predicted molar refractivity (Wildman–Crippen MR) is 35.1 cm³/mol. The average Bonchev–Trinajstić information content (AvgIpc) is 1.91. The van der Waals surface area contributed by atoms with Crippen LogP contribution in [0.2, 0.25) is 0 Å². The van der Waals surface area contributed by atoms with Crippen LogP contribution in [0.15, 0.2) is 0 Å². The molecule has 0 rings (SSSR count). The fourth-order valence-corrected chi connectivity index (χ4v) is 0. The lowest BCUT2D eigenvalue weighted by Gasteiger charge is -1.90. The molecule has 64 valence electrons. The molecule has 0 N–H and O–H groups in total. The van der Waals surface area contributed by atoms with E-state index in [4.69, 9.17) is 19.2 Å². The van der Waals surface area contributed by atoms with E-state index in [0.717, 1.165) is 5.92 Å². The molecule has 0 aliphatic rings. The van der Waals surface area contributed by atoms with E-state index in [9.17, 15) is 0 Å². The Hall–Kier alpha value is -1.24. The summed E-state index contributed by atoms with van der Waals surface area (Å²) in [5.74, 6) is 0.884. The van der Waals surface area contributed by atoms with Crippen LogP contribution in [-0.2, 0) is 19.2 Å². The first kappa shape index (κ1) is 16.4. The minimum atomic E-state index is 0.250. The molecule has 0 fully saturated rings. The highest BCUT2D eigenvalue weighted by Crippen LogP contribution is 1.93. The van der Waals surface area contributed by atoms with Gasteiger partial charge < -0.3 is 0 Å². The van der Waals surface area contributed by atoms with Crippen molar-refractivity contribution in [2.45, 2.75) is 27.2 Å². The maximum absolute atomic E-state index is 8.12. The largest absolute Gasteiger partial charge is 0.373 e. The van der Waals surface area contributed by atoms with Crippen LogP contribution in [0.5, 0.6) is 0 Å². The quantitative estimate of drug-likeness (QED) is 0.571. The van der Waals surface area contributed by atoms with Gasteiger partial charge in [0.2, 0.25) is 0 Å². The predicted octanol–water partition coefficient (Wildman–Crippen LogP) is 0.885. The number of hydrogen-bond acceptors (Lipinski definition) is 4. The molecule has 0 bridgehead atoms. The van der Waals surface area contributed by atoms with E-state index in [2.05, 4.69) is 20.8 Å². The van der Waals surface area contributed by atoms with Crippen molar-refractivity contribution in [3.63, 3.8) is 0 Å². The van der Waals surface area contributed by atoms with E-state index in [1.807, 2.05) is 0 Å². The molecule has 4 nitrogen and oxygen atoms in total. The molecular formula is C7H12O4. The van der Waals surface area contributed by atoms with Crippen molar-refractivity contribution in [3.05, 3.63) is 0 Å². The summed E-state index contributed by atoms with van der Waals surface area (Å²) in [5, 5.41) is 0. The van der Waals surface area contributed by atoms with Crippen LogP contribution in [-0.4, -0.2) is 12.3 Å². The van der Waals surface area contributed by atoms with Gasteiger partial charge in [0.05, 0.1) is 0 Å². The van der Waals surface area contributed by atoms with Gasteiger partial charge in [0, 0.05) is 0 Å². The summed E-state index contributed by atoms with van der Waals surface area (Å²) >= 11 is 0. The van der Waals surface area contributed by atoms with E-state index >= 15 is 0 Å². The van der Waals surface area contributed by atoms with Gasteiger partial charge in [0.25, 0.3) is 0 Å². The zero-order valence-corrected chi connectivity index (χ0v) is 6.92. The molecule has 0 spiro atoms. The van der Waals surface area contributed by atoms with Crippen molar-refractivity contribution in [1.82, 2.24) is 0 Å². The lowest BCUT2D eigenvalue weighted by atomic mass is 10.2. The van der Waals surface area contributed by atoms with Crippen LogP contribution in [0.4, 0.5) is 0 Å². The minimum absolute atomic E-state index is 0.250. The second-order valence-electron chi connectivity index (χ2n) is 1.97. The van der Waals surface area contributed by atoms with Crippen molar-refractivity contribution in [3.8, 4) is 0 Å². The van der Waals surface area contributed by atoms with Gasteiger partial charge in [-0.1, -0.05) is 27.2 Å². The van der Waals surface area contributed by atoms with Gasteiger partial charge in [0.1, 0.15) is 0 Å². The average molecular weight is 160 g/mol. The molecule has 0 amide bonds. The van der Waals surface area contributed by atoms with Crippen molar-refractivity contribution in [2.24, 2.45) is 5.92 Å². The van der Waals surface area contributed by atoms with Crippen LogP contribution in [0.3, 0.4) is 0 Å². The molecule has 4 heteroatoms. The molecule has 0 aromatic rings. The first-order valence-electron chi connectivity index (χ1n) is 3.09. The third-order valence-electron chi connectivity index (χ3n) is 0.816. The zero-order chi connectivity index (χ0) is 9.70. The van der Waals surface area contributed by atoms with Crippen molar-refractivity contribution in [1.29, 1.82) is 0 Å². The van der Waals surface area contributed by atoms with E-state index in [-0.39, 0.29) is 12.3 Å². The third-order valence-corrected chi connectivity index (χ3v) is 0.816. The van der Waals surface area contributed by atoms with Crippen LogP contribution < -0.4 is 0 Å². The van der Waals surface area contributed by atoms with Gasteiger partial charge >= 0.3 is 12.3 Å². The normalized spacial score (nSPS) is 5.82. The van der Waals surface area contributed by atoms with Crippen LogP contribution in [0, 0.1) is 5.92 Å². The maximum Gasteiger partial charge on any atom is 0.373 e. The Kier molecular flexibility index (Phi) is 34.7. The molecular weight excluding hydrogens is 148 g/mol. The molecule has 0 unspecified atom stereocenters. The molecule has 0 aromatic heterocycles. The molecule has 0 heterocycles. The molecule has 0 saturated carbocycles. The van der Waals surface area contributed by atoms with Gasteiger partial charge in [-0.05, 0) is 5.92 Å². The monoisotopic (exact) mass is 160 g/mol. The van der Waals surface area contributed by atoms with E-state index in [0.29, 0.717) is 0 Å². The van der Waals surface area contributed by atoms with Gasteiger partial charge in [-0.3, -0.25) is 0 Å². The van der Waals surface area contributed by atoms with Crippen molar-refractivity contribution >= 4 is 12.3 Å².